The number of halogens is 13. The number of rotatable bonds is 7. The summed E-state index contributed by atoms with van der Waals surface area (Å²) in [6, 6.07) is 5.64. The molecule has 176 valence electrons. The van der Waals surface area contributed by atoms with Crippen LogP contribution in [-0.4, -0.2) is 42.3 Å². The lowest BCUT2D eigenvalue weighted by Crippen LogP contribution is -2.66. The fourth-order valence-corrected chi connectivity index (χ4v) is 3.01. The van der Waals surface area contributed by atoms with Gasteiger partial charge >= 0.3 is 24.2 Å². The Hall–Kier alpha value is -1.13. The van der Waals surface area contributed by atoms with Gasteiger partial charge in [0.25, 0.3) is 11.6 Å². The molecule has 0 aromatic heterocycles. The van der Waals surface area contributed by atoms with E-state index in [1.54, 1.807) is 0 Å². The molecule has 0 fully saturated rings. The predicted molar refractivity (Wildman–Crippen MR) is 99.0 cm³/mol. The molecule has 0 aliphatic heterocycles. The smallest absolute Gasteiger partial charge is 0.352 e. The SMILES string of the molecule is O=C(NCCC(I)=CC(F)(C(F)(F)F)C(F)(F)C(F)(F)C(F)(F)F)c1ccc(Br)cc1. The second kappa shape index (κ2) is 9.39. The summed E-state index contributed by atoms with van der Waals surface area (Å²) in [5.41, 5.74) is -6.25. The molecule has 0 saturated heterocycles. The summed E-state index contributed by atoms with van der Waals surface area (Å²) >= 11 is 3.97. The van der Waals surface area contributed by atoms with Gasteiger partial charge in [0.1, 0.15) is 0 Å². The minimum atomic E-state index is -7.33. The first-order valence-electron chi connectivity index (χ1n) is 7.77. The maximum absolute atomic E-state index is 14.2. The molecule has 2 nitrogen and oxygen atoms in total. The third-order valence-electron chi connectivity index (χ3n) is 3.73. The third-order valence-corrected chi connectivity index (χ3v) is 5.11. The van der Waals surface area contributed by atoms with Gasteiger partial charge in [0.15, 0.2) is 0 Å². The molecule has 15 heteroatoms. The van der Waals surface area contributed by atoms with Crippen LogP contribution >= 0.6 is 38.5 Å². The Morgan fingerprint density at radius 2 is 1.35 bits per heavy atom. The fourth-order valence-electron chi connectivity index (χ4n) is 2.04. The van der Waals surface area contributed by atoms with E-state index in [4.69, 9.17) is 0 Å². The van der Waals surface area contributed by atoms with Crippen LogP contribution in [0.4, 0.5) is 48.3 Å². The third kappa shape index (κ3) is 5.82. The summed E-state index contributed by atoms with van der Waals surface area (Å²) in [5.74, 6) is -15.3. The number of alkyl halides is 11. The van der Waals surface area contributed by atoms with Crippen molar-refractivity contribution in [3.05, 3.63) is 44.0 Å². The maximum atomic E-state index is 14.2. The molecule has 1 rings (SSSR count). The van der Waals surface area contributed by atoms with Crippen molar-refractivity contribution in [3.8, 4) is 0 Å². The number of amides is 1. The van der Waals surface area contributed by atoms with Gasteiger partial charge in [-0.05, 0) is 62.9 Å². The van der Waals surface area contributed by atoms with Crippen LogP contribution < -0.4 is 5.32 Å². The number of nitrogens with one attached hydrogen (secondary N) is 1. The number of carbonyl (C=O) groups is 1. The molecule has 1 atom stereocenters. The maximum Gasteiger partial charge on any atom is 0.460 e. The van der Waals surface area contributed by atoms with Crippen LogP contribution in [0.25, 0.3) is 0 Å². The number of benzene rings is 1. The van der Waals surface area contributed by atoms with Crippen molar-refractivity contribution < 1.29 is 53.1 Å². The summed E-state index contributed by atoms with van der Waals surface area (Å²) in [6.07, 6.45) is -15.8. The molecule has 0 aliphatic rings. The molecular weight excluding hydrogens is 638 g/mol. The summed E-state index contributed by atoms with van der Waals surface area (Å²) in [7, 11) is 0. The van der Waals surface area contributed by atoms with E-state index in [1.807, 2.05) is 0 Å². The second-order valence-corrected chi connectivity index (χ2v) is 8.26. The van der Waals surface area contributed by atoms with Crippen molar-refractivity contribution in [2.75, 3.05) is 6.54 Å². The largest absolute Gasteiger partial charge is 0.460 e. The summed E-state index contributed by atoms with van der Waals surface area (Å²) in [4.78, 5) is 11.8. The number of allylic oxidation sites excluding steroid dienone is 1. The van der Waals surface area contributed by atoms with Crippen LogP contribution in [0.15, 0.2) is 38.4 Å². The van der Waals surface area contributed by atoms with E-state index in [1.165, 1.54) is 24.3 Å². The highest BCUT2D eigenvalue weighted by Gasteiger charge is 2.85. The van der Waals surface area contributed by atoms with Crippen LogP contribution in [0.1, 0.15) is 16.8 Å². The Morgan fingerprint density at radius 1 is 0.871 bits per heavy atom. The Bertz CT molecular complexity index is 820. The minimum absolute atomic E-state index is 0.0914. The van der Waals surface area contributed by atoms with Crippen LogP contribution in [-0.2, 0) is 0 Å². The fraction of sp³-hybridized carbons (Fsp3) is 0.438. The molecule has 1 aromatic rings. The quantitative estimate of drug-likeness (QED) is 0.251. The zero-order chi connectivity index (χ0) is 24.5. The monoisotopic (exact) mass is 647 g/mol. The molecule has 0 heterocycles. The molecule has 0 bridgehead atoms. The van der Waals surface area contributed by atoms with Gasteiger partial charge in [-0.1, -0.05) is 15.9 Å². The van der Waals surface area contributed by atoms with Crippen LogP contribution in [0, 0.1) is 0 Å². The van der Waals surface area contributed by atoms with Crippen molar-refractivity contribution in [1.82, 2.24) is 5.32 Å². The average molecular weight is 648 g/mol. The molecule has 1 unspecified atom stereocenters. The highest BCUT2D eigenvalue weighted by atomic mass is 127. The van der Waals surface area contributed by atoms with E-state index in [2.05, 4.69) is 21.2 Å². The Kier molecular flexibility index (Phi) is 8.45. The first-order valence-corrected chi connectivity index (χ1v) is 9.64. The van der Waals surface area contributed by atoms with Crippen molar-refractivity contribution in [2.45, 2.75) is 36.3 Å². The summed E-state index contributed by atoms with van der Waals surface area (Å²) in [6.45, 7) is -0.557. The second-order valence-electron chi connectivity index (χ2n) is 5.96. The summed E-state index contributed by atoms with van der Waals surface area (Å²) in [5, 5.41) is 2.15. The molecule has 31 heavy (non-hydrogen) atoms. The normalized spacial score (nSPS) is 16.1. The molecule has 0 spiro atoms. The van der Waals surface area contributed by atoms with Crippen molar-refractivity contribution in [3.63, 3.8) is 0 Å². The summed E-state index contributed by atoms with van der Waals surface area (Å²) < 4.78 is 143. The Morgan fingerprint density at radius 3 is 1.77 bits per heavy atom. The molecule has 1 N–H and O–H groups in total. The van der Waals surface area contributed by atoms with Gasteiger partial charge in [-0.2, -0.15) is 43.9 Å². The molecule has 1 amide bonds. The van der Waals surface area contributed by atoms with Gasteiger partial charge in [0.05, 0.1) is 0 Å². The Labute approximate surface area is 189 Å². The van der Waals surface area contributed by atoms with Gasteiger partial charge in [-0.3, -0.25) is 4.79 Å². The van der Waals surface area contributed by atoms with E-state index in [-0.39, 0.29) is 5.56 Å². The number of hydrogen-bond donors (Lipinski definition) is 1. The van der Waals surface area contributed by atoms with Crippen LogP contribution in [0.5, 0.6) is 0 Å². The molecule has 0 radical (unpaired) electrons. The molecule has 0 aliphatic carbocycles. The van der Waals surface area contributed by atoms with Crippen LogP contribution in [0.2, 0.25) is 0 Å². The van der Waals surface area contributed by atoms with Gasteiger partial charge in [0.2, 0.25) is 0 Å². The van der Waals surface area contributed by atoms with Gasteiger partial charge in [-0.25, -0.2) is 4.39 Å². The first-order chi connectivity index (χ1) is 13.8. The molecule has 0 saturated carbocycles. The van der Waals surface area contributed by atoms with Crippen molar-refractivity contribution in [2.24, 2.45) is 0 Å². The van der Waals surface area contributed by atoms with Gasteiger partial charge in [-0.15, -0.1) is 0 Å². The Balaban J connectivity index is 3.09. The van der Waals surface area contributed by atoms with E-state index in [9.17, 15) is 53.1 Å². The van der Waals surface area contributed by atoms with Crippen LogP contribution in [0.3, 0.4) is 0 Å². The topological polar surface area (TPSA) is 29.1 Å². The van der Waals surface area contributed by atoms with Gasteiger partial charge in [0, 0.05) is 16.6 Å². The number of hydrogen-bond acceptors (Lipinski definition) is 1. The van der Waals surface area contributed by atoms with E-state index < -0.39 is 58.4 Å². The average Bonchev–Trinajstić information content (AvgIpc) is 2.59. The van der Waals surface area contributed by atoms with Gasteiger partial charge < -0.3 is 5.32 Å². The highest BCUT2D eigenvalue weighted by molar-refractivity contribution is 14.1. The highest BCUT2D eigenvalue weighted by Crippen LogP contribution is 2.58. The lowest BCUT2D eigenvalue weighted by molar-refractivity contribution is -0.402. The lowest BCUT2D eigenvalue weighted by atomic mass is 9.90. The predicted octanol–water partition coefficient (Wildman–Crippen LogP) is 6.99. The zero-order valence-corrected chi connectivity index (χ0v) is 18.4. The zero-order valence-electron chi connectivity index (χ0n) is 14.6. The minimum Gasteiger partial charge on any atom is -0.352 e. The lowest BCUT2D eigenvalue weighted by Gasteiger charge is -2.37. The first kappa shape index (κ1) is 27.9. The van der Waals surface area contributed by atoms with Crippen molar-refractivity contribution in [1.29, 1.82) is 0 Å². The standard InChI is InChI=1S/C16H10BrF11INO/c17-9-3-1-8(2-4-9)11(31)30-6-5-10(29)7-12(18,15(23,24)25)13(19,20)14(21,22)16(26,27)28/h1-4,7H,5-6H2,(H,30,31). The van der Waals surface area contributed by atoms with Crippen molar-refractivity contribution >= 4 is 44.4 Å². The van der Waals surface area contributed by atoms with E-state index in [0.29, 0.717) is 4.47 Å². The van der Waals surface area contributed by atoms with E-state index in [0.717, 1.165) is 22.6 Å². The molecule has 1 aromatic carbocycles. The number of carbonyl (C=O) groups excluding carboxylic acids is 1. The van der Waals surface area contributed by atoms with E-state index >= 15 is 0 Å². The molecular formula is C16H10BrF11INO.